The van der Waals surface area contributed by atoms with E-state index in [2.05, 4.69) is 0 Å². The number of carbonyl (C=O) groups is 4. The van der Waals surface area contributed by atoms with Crippen LogP contribution in [-0.4, -0.2) is 53.6 Å². The number of hydrogen-bond acceptors (Lipinski definition) is 7. The topological polar surface area (TPSA) is 110 Å². The summed E-state index contributed by atoms with van der Waals surface area (Å²) in [4.78, 5) is 60.7. The van der Waals surface area contributed by atoms with E-state index in [9.17, 15) is 14.7 Å². The summed E-state index contributed by atoms with van der Waals surface area (Å²) in [6, 6.07) is 21.5. The number of Topliss-reactive ketones (excluding diaryl/α,β-unsaturated/α-hetero) is 1. The molecule has 0 spiro atoms. The van der Waals surface area contributed by atoms with E-state index in [1.165, 1.54) is 32.4 Å². The van der Waals surface area contributed by atoms with Crippen molar-refractivity contribution in [2.45, 2.75) is 62.3 Å². The van der Waals surface area contributed by atoms with Crippen molar-refractivity contribution in [1.29, 1.82) is 0 Å². The first-order valence-electron chi connectivity index (χ1n) is 17.7. The van der Waals surface area contributed by atoms with Crippen LogP contribution in [0.3, 0.4) is 0 Å². The number of ether oxygens (including phenoxy) is 2. The number of fused-ring (bicyclic) bond motifs is 4. The Morgan fingerprint density at radius 1 is 0.800 bits per heavy atom. The summed E-state index contributed by atoms with van der Waals surface area (Å²) < 4.78 is 11.9. The predicted octanol–water partition coefficient (Wildman–Crippen LogP) is 6.57. The average Bonchev–Trinajstić information content (AvgIpc) is 3.41. The standard InChI is InChI=1S/C42H41NO7/c1-49-33-20-27(44)21-34(50-2)37(33)38-28-18-19-29-36(41(48)43(40(29)47)26-16-10-5-11-17-26)31(28)22-32-39(46)30(24-12-6-3-7-13-24)23-35(45)42(32,38)25-14-8-4-9-15-25/h3-4,6-9,12-15,18,20-21,23,26,29,31-32,36,38,44H,5,10-11,16-17,19,22H2,1-2H3/t29-,31+,32-,36-,38+,42-/m0/s1. The second-order valence-corrected chi connectivity index (χ2v) is 14.4. The molecule has 0 aromatic heterocycles. The quantitative estimate of drug-likeness (QED) is 0.233. The summed E-state index contributed by atoms with van der Waals surface area (Å²) in [5.41, 5.74) is 1.59. The van der Waals surface area contributed by atoms with Gasteiger partial charge in [0.1, 0.15) is 17.2 Å². The highest BCUT2D eigenvalue weighted by Crippen LogP contribution is 2.65. The van der Waals surface area contributed by atoms with E-state index in [-0.39, 0.29) is 41.6 Å². The zero-order chi connectivity index (χ0) is 34.7. The number of carbonyl (C=O) groups excluding carboxylic acids is 4. The molecule has 1 aliphatic heterocycles. The van der Waals surface area contributed by atoms with Gasteiger partial charge in [-0.05, 0) is 48.8 Å². The van der Waals surface area contributed by atoms with E-state index >= 15 is 9.59 Å². The molecule has 50 heavy (non-hydrogen) atoms. The molecule has 256 valence electrons. The Labute approximate surface area is 291 Å². The Bertz CT molecular complexity index is 1920. The highest BCUT2D eigenvalue weighted by molar-refractivity contribution is 6.31. The van der Waals surface area contributed by atoms with Crippen LogP contribution in [0.1, 0.15) is 67.6 Å². The van der Waals surface area contributed by atoms with Gasteiger partial charge in [0.05, 0.1) is 31.5 Å². The van der Waals surface area contributed by atoms with Gasteiger partial charge in [-0.1, -0.05) is 91.6 Å². The summed E-state index contributed by atoms with van der Waals surface area (Å²) in [5.74, 6) is -3.49. The van der Waals surface area contributed by atoms with Gasteiger partial charge in [0.25, 0.3) is 0 Å². The maximum Gasteiger partial charge on any atom is 0.233 e. The second-order valence-electron chi connectivity index (χ2n) is 14.4. The molecule has 3 fully saturated rings. The molecule has 1 N–H and O–H groups in total. The molecular formula is C42H41NO7. The minimum atomic E-state index is -1.43. The van der Waals surface area contributed by atoms with Crippen LogP contribution in [0.4, 0.5) is 0 Å². The van der Waals surface area contributed by atoms with Gasteiger partial charge in [-0.3, -0.25) is 24.1 Å². The third-order valence-electron chi connectivity index (χ3n) is 12.2. The summed E-state index contributed by atoms with van der Waals surface area (Å²) in [6.07, 6.45) is 8.82. The Morgan fingerprint density at radius 2 is 1.44 bits per heavy atom. The van der Waals surface area contributed by atoms with Gasteiger partial charge in [-0.15, -0.1) is 0 Å². The molecule has 2 amide bonds. The number of hydrogen-bond donors (Lipinski definition) is 1. The number of allylic oxidation sites excluding steroid dienone is 4. The van der Waals surface area contributed by atoms with Crippen LogP contribution in [0.5, 0.6) is 17.2 Å². The molecule has 4 aliphatic carbocycles. The first-order valence-corrected chi connectivity index (χ1v) is 17.7. The fourth-order valence-electron chi connectivity index (χ4n) is 10.1. The van der Waals surface area contributed by atoms with E-state index in [1.807, 2.05) is 66.7 Å². The van der Waals surface area contributed by atoms with Crippen molar-refractivity contribution < 1.29 is 33.8 Å². The molecule has 1 saturated heterocycles. The number of aromatic hydroxyl groups is 1. The molecule has 6 atom stereocenters. The van der Waals surface area contributed by atoms with Gasteiger partial charge in [0.2, 0.25) is 11.8 Å². The third-order valence-corrected chi connectivity index (χ3v) is 12.2. The lowest BCUT2D eigenvalue weighted by atomic mass is 9.44. The lowest BCUT2D eigenvalue weighted by molar-refractivity contribution is -0.144. The minimum absolute atomic E-state index is 0.0743. The number of ketones is 2. The van der Waals surface area contributed by atoms with Crippen molar-refractivity contribution in [3.63, 3.8) is 0 Å². The number of methoxy groups -OCH3 is 2. The van der Waals surface area contributed by atoms with E-state index in [4.69, 9.17) is 9.47 Å². The number of likely N-dealkylation sites (tertiary alicyclic amines) is 1. The van der Waals surface area contributed by atoms with Gasteiger partial charge >= 0.3 is 0 Å². The normalized spacial score (nSPS) is 29.5. The van der Waals surface area contributed by atoms with Crippen molar-refractivity contribution in [3.05, 3.63) is 107 Å². The van der Waals surface area contributed by atoms with E-state index in [0.717, 1.165) is 37.7 Å². The Kier molecular flexibility index (Phi) is 8.00. The van der Waals surface area contributed by atoms with Crippen LogP contribution >= 0.6 is 0 Å². The van der Waals surface area contributed by atoms with Crippen molar-refractivity contribution >= 4 is 29.0 Å². The smallest absolute Gasteiger partial charge is 0.233 e. The number of phenolic OH excluding ortho intramolecular Hbond substituents is 1. The molecule has 0 bridgehead atoms. The molecule has 0 radical (unpaired) electrons. The lowest BCUT2D eigenvalue weighted by Gasteiger charge is -2.55. The van der Waals surface area contributed by atoms with Gasteiger partial charge < -0.3 is 14.6 Å². The fraction of sp³-hybridized carbons (Fsp3) is 0.381. The molecule has 5 aliphatic rings. The van der Waals surface area contributed by atoms with Crippen molar-refractivity contribution in [3.8, 4) is 17.2 Å². The van der Waals surface area contributed by atoms with Gasteiger partial charge in [-0.25, -0.2) is 0 Å². The number of phenols is 1. The van der Waals surface area contributed by atoms with Crippen LogP contribution in [0.15, 0.2) is 90.5 Å². The summed E-state index contributed by atoms with van der Waals surface area (Å²) in [7, 11) is 3.00. The number of nitrogens with zero attached hydrogens (tertiary/aromatic N) is 1. The molecule has 3 aromatic rings. The minimum Gasteiger partial charge on any atom is -0.508 e. The van der Waals surface area contributed by atoms with Gasteiger partial charge in [0, 0.05) is 41.1 Å². The average molecular weight is 672 g/mol. The molecule has 3 aromatic carbocycles. The second kappa shape index (κ2) is 12.4. The highest BCUT2D eigenvalue weighted by Gasteiger charge is 2.67. The van der Waals surface area contributed by atoms with E-state index in [0.29, 0.717) is 40.2 Å². The Balaban J connectivity index is 1.39. The lowest BCUT2D eigenvalue weighted by Crippen LogP contribution is -2.59. The summed E-state index contributed by atoms with van der Waals surface area (Å²) in [6.45, 7) is 0. The van der Waals surface area contributed by atoms with E-state index in [1.54, 1.807) is 4.90 Å². The predicted molar refractivity (Wildman–Crippen MR) is 187 cm³/mol. The maximum absolute atomic E-state index is 15.3. The van der Waals surface area contributed by atoms with Crippen molar-refractivity contribution in [2.24, 2.45) is 23.7 Å². The van der Waals surface area contributed by atoms with Crippen LogP contribution < -0.4 is 9.47 Å². The molecule has 8 rings (SSSR count). The highest BCUT2D eigenvalue weighted by atomic mass is 16.5. The van der Waals surface area contributed by atoms with Gasteiger partial charge in [-0.2, -0.15) is 0 Å². The molecule has 8 heteroatoms. The monoisotopic (exact) mass is 671 g/mol. The zero-order valence-electron chi connectivity index (χ0n) is 28.3. The largest absolute Gasteiger partial charge is 0.508 e. The Hall–Kier alpha value is -4.98. The van der Waals surface area contributed by atoms with Crippen LogP contribution in [-0.2, 0) is 24.6 Å². The molecule has 8 nitrogen and oxygen atoms in total. The summed E-state index contributed by atoms with van der Waals surface area (Å²) >= 11 is 0. The number of benzene rings is 3. The number of imide groups is 1. The number of rotatable bonds is 6. The fourth-order valence-corrected chi connectivity index (χ4v) is 10.1. The first kappa shape index (κ1) is 32.2. The number of amides is 2. The summed E-state index contributed by atoms with van der Waals surface area (Å²) in [5, 5.41) is 10.7. The van der Waals surface area contributed by atoms with Crippen LogP contribution in [0, 0.1) is 23.7 Å². The maximum atomic E-state index is 15.3. The van der Waals surface area contributed by atoms with Crippen LogP contribution in [0.2, 0.25) is 0 Å². The third kappa shape index (κ3) is 4.63. The molecule has 1 heterocycles. The molecular weight excluding hydrogens is 630 g/mol. The van der Waals surface area contributed by atoms with E-state index < -0.39 is 35.0 Å². The SMILES string of the molecule is COc1cc(O)cc(OC)c1[C@H]1C2=CC[C@@H]3C(=O)N(C4CCCCC4)C(=O)[C@@H]3[C@@H]2C[C@H]2C(=O)C(c3ccccc3)=CC(=O)[C@@]12c1ccccc1. The van der Waals surface area contributed by atoms with Crippen molar-refractivity contribution in [2.75, 3.05) is 14.2 Å². The van der Waals surface area contributed by atoms with Crippen LogP contribution in [0.25, 0.3) is 5.57 Å². The van der Waals surface area contributed by atoms with Crippen molar-refractivity contribution in [1.82, 2.24) is 4.90 Å². The first-order chi connectivity index (χ1) is 24.3. The molecule has 0 unspecified atom stereocenters. The Morgan fingerprint density at radius 3 is 2.08 bits per heavy atom. The van der Waals surface area contributed by atoms with Gasteiger partial charge in [0.15, 0.2) is 11.6 Å². The zero-order valence-corrected chi connectivity index (χ0v) is 28.3. The molecule has 2 saturated carbocycles.